The predicted molar refractivity (Wildman–Crippen MR) is 88.2 cm³/mol. The molecule has 0 aliphatic rings. The highest BCUT2D eigenvalue weighted by atomic mass is 16.1. The molecule has 0 saturated heterocycles. The third-order valence-electron chi connectivity index (χ3n) is 3.69. The van der Waals surface area contributed by atoms with Crippen molar-refractivity contribution in [2.75, 3.05) is 18.0 Å². The first kappa shape index (κ1) is 15.4. The van der Waals surface area contributed by atoms with Gasteiger partial charge >= 0.3 is 0 Å². The summed E-state index contributed by atoms with van der Waals surface area (Å²) in [6.07, 6.45) is 2.22. The quantitative estimate of drug-likeness (QED) is 0.776. The molecule has 0 bridgehead atoms. The summed E-state index contributed by atoms with van der Waals surface area (Å²) in [6.45, 7) is 7.45. The topological polar surface area (TPSA) is 36.1 Å². The van der Waals surface area contributed by atoms with Gasteiger partial charge in [-0.1, -0.05) is 31.5 Å². The summed E-state index contributed by atoms with van der Waals surface area (Å²) in [5.41, 5.74) is 3.92. The molecular weight excluding hydrogens is 260 g/mol. The van der Waals surface area contributed by atoms with Gasteiger partial charge in [0.25, 0.3) is 0 Å². The lowest BCUT2D eigenvalue weighted by Gasteiger charge is -2.24. The summed E-state index contributed by atoms with van der Waals surface area (Å²) < 4.78 is 0. The minimum atomic E-state index is 0.178. The average Bonchev–Trinajstić information content (AvgIpc) is 2.83. The highest BCUT2D eigenvalue weighted by Crippen LogP contribution is 2.17. The van der Waals surface area contributed by atoms with Gasteiger partial charge in [0.05, 0.1) is 6.54 Å². The van der Waals surface area contributed by atoms with Gasteiger partial charge < -0.3 is 9.88 Å². The lowest BCUT2D eigenvalue weighted by Crippen LogP contribution is -2.31. The van der Waals surface area contributed by atoms with Gasteiger partial charge in [0, 0.05) is 29.2 Å². The first-order valence-electron chi connectivity index (χ1n) is 7.61. The third-order valence-corrected chi connectivity index (χ3v) is 3.69. The van der Waals surface area contributed by atoms with Crippen molar-refractivity contribution < 1.29 is 4.79 Å². The molecular formula is C18H24N2O. The van der Waals surface area contributed by atoms with Crippen molar-refractivity contribution >= 4 is 11.5 Å². The summed E-state index contributed by atoms with van der Waals surface area (Å²) in [6, 6.07) is 12.1. The van der Waals surface area contributed by atoms with E-state index in [2.05, 4.69) is 28.9 Å². The summed E-state index contributed by atoms with van der Waals surface area (Å²) in [7, 11) is 0. The van der Waals surface area contributed by atoms with Crippen LogP contribution in [0.4, 0.5) is 5.69 Å². The Bertz CT molecular complexity index is 587. The Morgan fingerprint density at radius 2 is 1.90 bits per heavy atom. The summed E-state index contributed by atoms with van der Waals surface area (Å²) in [5.74, 6) is 0.178. The van der Waals surface area contributed by atoms with Crippen LogP contribution in [-0.2, 0) is 0 Å². The molecule has 2 rings (SSSR count). The van der Waals surface area contributed by atoms with Crippen molar-refractivity contribution in [1.82, 2.24) is 4.98 Å². The molecule has 1 aromatic heterocycles. The van der Waals surface area contributed by atoms with Crippen LogP contribution in [0.2, 0.25) is 0 Å². The van der Waals surface area contributed by atoms with Crippen LogP contribution < -0.4 is 4.90 Å². The van der Waals surface area contributed by atoms with Crippen molar-refractivity contribution in [2.45, 2.75) is 33.6 Å². The Morgan fingerprint density at radius 3 is 2.48 bits per heavy atom. The van der Waals surface area contributed by atoms with Gasteiger partial charge in [-0.2, -0.15) is 0 Å². The predicted octanol–water partition coefficient (Wildman–Crippen LogP) is 4.12. The number of aromatic nitrogens is 1. The molecule has 1 N–H and O–H groups in total. The number of carbonyl (C=O) groups excluding carboxylic acids is 1. The highest BCUT2D eigenvalue weighted by Gasteiger charge is 2.16. The van der Waals surface area contributed by atoms with Crippen LogP contribution in [0.1, 0.15) is 41.5 Å². The van der Waals surface area contributed by atoms with E-state index in [0.717, 1.165) is 42.0 Å². The lowest BCUT2D eigenvalue weighted by atomic mass is 10.1. The number of carbonyl (C=O) groups is 1. The lowest BCUT2D eigenvalue weighted by molar-refractivity contribution is 0.0998. The Kier molecular flexibility index (Phi) is 5.20. The summed E-state index contributed by atoms with van der Waals surface area (Å²) >= 11 is 0. The van der Waals surface area contributed by atoms with E-state index in [1.807, 2.05) is 38.1 Å². The number of unbranched alkanes of at least 4 members (excludes halogenated alkanes) is 1. The van der Waals surface area contributed by atoms with E-state index in [1.165, 1.54) is 0 Å². The fourth-order valence-corrected chi connectivity index (χ4v) is 2.56. The second kappa shape index (κ2) is 7.11. The average molecular weight is 284 g/mol. The van der Waals surface area contributed by atoms with Crippen LogP contribution in [0.15, 0.2) is 36.4 Å². The van der Waals surface area contributed by atoms with Gasteiger partial charge in [0.2, 0.25) is 0 Å². The standard InChI is InChI=1S/C18H24N2O/c1-4-5-11-20(16-9-7-6-8-10-16)13-18(21)17-12-14(2)19-15(17)3/h6-10,12,19H,4-5,11,13H2,1-3H3. The molecule has 0 unspecified atom stereocenters. The maximum absolute atomic E-state index is 12.6. The Labute approximate surface area is 127 Å². The van der Waals surface area contributed by atoms with E-state index in [4.69, 9.17) is 0 Å². The molecule has 0 aliphatic heterocycles. The molecule has 0 aliphatic carbocycles. The Morgan fingerprint density at radius 1 is 1.19 bits per heavy atom. The normalized spacial score (nSPS) is 10.6. The number of hydrogen-bond acceptors (Lipinski definition) is 2. The van der Waals surface area contributed by atoms with Crippen LogP contribution in [0.5, 0.6) is 0 Å². The Balaban J connectivity index is 2.15. The summed E-state index contributed by atoms with van der Waals surface area (Å²) in [5, 5.41) is 0. The first-order valence-corrected chi connectivity index (χ1v) is 7.61. The monoisotopic (exact) mass is 284 g/mol. The van der Waals surface area contributed by atoms with E-state index in [0.29, 0.717) is 6.54 Å². The smallest absolute Gasteiger partial charge is 0.183 e. The molecule has 3 heteroatoms. The molecule has 0 spiro atoms. The SMILES string of the molecule is CCCCN(CC(=O)c1cc(C)[nH]c1C)c1ccccc1. The summed E-state index contributed by atoms with van der Waals surface area (Å²) in [4.78, 5) is 17.9. The number of ketones is 1. The largest absolute Gasteiger partial charge is 0.364 e. The van der Waals surface area contributed by atoms with Gasteiger partial charge in [-0.15, -0.1) is 0 Å². The highest BCUT2D eigenvalue weighted by molar-refractivity contribution is 6.00. The van der Waals surface area contributed by atoms with Gasteiger partial charge in [-0.3, -0.25) is 4.79 Å². The van der Waals surface area contributed by atoms with Crippen LogP contribution in [-0.4, -0.2) is 23.9 Å². The van der Waals surface area contributed by atoms with Crippen molar-refractivity contribution in [1.29, 1.82) is 0 Å². The van der Waals surface area contributed by atoms with Gasteiger partial charge in [0.1, 0.15) is 0 Å². The minimum absolute atomic E-state index is 0.178. The van der Waals surface area contributed by atoms with E-state index in [9.17, 15) is 4.79 Å². The molecule has 3 nitrogen and oxygen atoms in total. The van der Waals surface area contributed by atoms with Crippen LogP contribution in [0, 0.1) is 13.8 Å². The number of H-pyrrole nitrogens is 1. The number of hydrogen-bond donors (Lipinski definition) is 1. The molecule has 0 amide bonds. The molecule has 1 heterocycles. The molecule has 1 aromatic carbocycles. The van der Waals surface area contributed by atoms with E-state index in [1.54, 1.807) is 0 Å². The number of nitrogens with one attached hydrogen (secondary N) is 1. The Hall–Kier alpha value is -2.03. The minimum Gasteiger partial charge on any atom is -0.364 e. The number of para-hydroxylation sites is 1. The van der Waals surface area contributed by atoms with E-state index < -0.39 is 0 Å². The third kappa shape index (κ3) is 3.97. The van der Waals surface area contributed by atoms with Gasteiger partial charge in [0.15, 0.2) is 5.78 Å². The first-order chi connectivity index (χ1) is 10.1. The van der Waals surface area contributed by atoms with Crippen molar-refractivity contribution in [2.24, 2.45) is 0 Å². The molecule has 21 heavy (non-hydrogen) atoms. The number of aromatic amines is 1. The van der Waals surface area contributed by atoms with Gasteiger partial charge in [-0.05, 0) is 38.5 Å². The molecule has 0 fully saturated rings. The maximum atomic E-state index is 12.6. The number of anilines is 1. The van der Waals surface area contributed by atoms with Crippen molar-refractivity contribution in [3.8, 4) is 0 Å². The van der Waals surface area contributed by atoms with Gasteiger partial charge in [-0.25, -0.2) is 0 Å². The molecule has 0 atom stereocenters. The van der Waals surface area contributed by atoms with Crippen LogP contribution in [0.25, 0.3) is 0 Å². The molecule has 2 aromatic rings. The molecule has 0 radical (unpaired) electrons. The second-order valence-electron chi connectivity index (χ2n) is 5.52. The van der Waals surface area contributed by atoms with Crippen molar-refractivity contribution in [3.05, 3.63) is 53.3 Å². The zero-order chi connectivity index (χ0) is 15.2. The number of nitrogens with zero attached hydrogens (tertiary/aromatic N) is 1. The van der Waals surface area contributed by atoms with Crippen LogP contribution in [0.3, 0.4) is 0 Å². The molecule has 112 valence electrons. The number of Topliss-reactive ketones (excluding diaryl/α,β-unsaturated/α-hetero) is 1. The second-order valence-corrected chi connectivity index (χ2v) is 5.52. The van der Waals surface area contributed by atoms with E-state index >= 15 is 0 Å². The maximum Gasteiger partial charge on any atom is 0.183 e. The fraction of sp³-hybridized carbons (Fsp3) is 0.389. The van der Waals surface area contributed by atoms with E-state index in [-0.39, 0.29) is 5.78 Å². The van der Waals surface area contributed by atoms with Crippen LogP contribution >= 0.6 is 0 Å². The number of benzene rings is 1. The van der Waals surface area contributed by atoms with Crippen molar-refractivity contribution in [3.63, 3.8) is 0 Å². The fourth-order valence-electron chi connectivity index (χ4n) is 2.56. The zero-order valence-electron chi connectivity index (χ0n) is 13.1. The molecule has 0 saturated carbocycles. The number of aryl methyl sites for hydroxylation is 2. The zero-order valence-corrected chi connectivity index (χ0v) is 13.1. The number of rotatable bonds is 7.